The molecular formula is C13H28N2. The van der Waals surface area contributed by atoms with E-state index in [2.05, 4.69) is 44.8 Å². The molecule has 0 aliphatic carbocycles. The van der Waals surface area contributed by atoms with Gasteiger partial charge >= 0.3 is 0 Å². The SMILES string of the molecule is CC(C)NCC(C)N1CCC(C(C)C)C1. The molecule has 1 rings (SSSR count). The van der Waals surface area contributed by atoms with Crippen LogP contribution in [-0.4, -0.2) is 36.6 Å². The number of nitrogens with one attached hydrogen (secondary N) is 1. The second kappa shape index (κ2) is 5.86. The van der Waals surface area contributed by atoms with E-state index in [9.17, 15) is 0 Å². The fourth-order valence-electron chi connectivity index (χ4n) is 2.30. The Balaban J connectivity index is 2.27. The molecule has 15 heavy (non-hydrogen) atoms. The largest absolute Gasteiger partial charge is 0.313 e. The van der Waals surface area contributed by atoms with E-state index in [-0.39, 0.29) is 0 Å². The molecule has 1 saturated heterocycles. The molecule has 1 aliphatic heterocycles. The Bertz CT molecular complexity index is 177. The highest BCUT2D eigenvalue weighted by atomic mass is 15.2. The molecule has 0 aromatic rings. The van der Waals surface area contributed by atoms with Gasteiger partial charge < -0.3 is 5.32 Å². The molecule has 0 aromatic heterocycles. The van der Waals surface area contributed by atoms with Crippen molar-refractivity contribution in [3.05, 3.63) is 0 Å². The van der Waals surface area contributed by atoms with E-state index >= 15 is 0 Å². The summed E-state index contributed by atoms with van der Waals surface area (Å²) in [4.78, 5) is 2.64. The number of hydrogen-bond donors (Lipinski definition) is 1. The van der Waals surface area contributed by atoms with E-state index in [1.165, 1.54) is 19.5 Å². The molecule has 0 bridgehead atoms. The molecule has 2 nitrogen and oxygen atoms in total. The molecule has 0 radical (unpaired) electrons. The summed E-state index contributed by atoms with van der Waals surface area (Å²) < 4.78 is 0. The minimum Gasteiger partial charge on any atom is -0.313 e. The average Bonchev–Trinajstić information content (AvgIpc) is 2.62. The van der Waals surface area contributed by atoms with Crippen molar-refractivity contribution in [1.82, 2.24) is 10.2 Å². The number of rotatable bonds is 5. The summed E-state index contributed by atoms with van der Waals surface area (Å²) >= 11 is 0. The van der Waals surface area contributed by atoms with Crippen LogP contribution < -0.4 is 5.32 Å². The summed E-state index contributed by atoms with van der Waals surface area (Å²) in [5, 5.41) is 3.52. The minimum absolute atomic E-state index is 0.607. The molecule has 1 heterocycles. The van der Waals surface area contributed by atoms with Crippen LogP contribution in [0.15, 0.2) is 0 Å². The van der Waals surface area contributed by atoms with Crippen LogP contribution in [0.5, 0.6) is 0 Å². The summed E-state index contributed by atoms with van der Waals surface area (Å²) in [6, 6.07) is 1.30. The maximum Gasteiger partial charge on any atom is 0.0192 e. The van der Waals surface area contributed by atoms with E-state index in [0.29, 0.717) is 12.1 Å². The zero-order chi connectivity index (χ0) is 11.4. The van der Waals surface area contributed by atoms with Crippen LogP contribution in [0, 0.1) is 11.8 Å². The van der Waals surface area contributed by atoms with Gasteiger partial charge in [0.05, 0.1) is 0 Å². The fraction of sp³-hybridized carbons (Fsp3) is 1.00. The number of hydrogen-bond acceptors (Lipinski definition) is 2. The van der Waals surface area contributed by atoms with E-state index in [1.807, 2.05) is 0 Å². The highest BCUT2D eigenvalue weighted by Crippen LogP contribution is 2.24. The van der Waals surface area contributed by atoms with E-state index in [0.717, 1.165) is 18.4 Å². The lowest BCUT2D eigenvalue weighted by Crippen LogP contribution is -2.41. The molecule has 2 unspecified atom stereocenters. The van der Waals surface area contributed by atoms with Gasteiger partial charge in [-0.15, -0.1) is 0 Å². The first-order chi connectivity index (χ1) is 7.00. The van der Waals surface area contributed by atoms with E-state index in [1.54, 1.807) is 0 Å². The first kappa shape index (κ1) is 13.0. The molecule has 1 N–H and O–H groups in total. The van der Waals surface area contributed by atoms with Crippen molar-refractivity contribution in [3.63, 3.8) is 0 Å². The topological polar surface area (TPSA) is 15.3 Å². The van der Waals surface area contributed by atoms with Gasteiger partial charge in [0.25, 0.3) is 0 Å². The van der Waals surface area contributed by atoms with Crippen LogP contribution in [0.4, 0.5) is 0 Å². The molecule has 0 aromatic carbocycles. The van der Waals surface area contributed by atoms with Crippen molar-refractivity contribution in [2.24, 2.45) is 11.8 Å². The van der Waals surface area contributed by atoms with Gasteiger partial charge in [-0.05, 0) is 31.7 Å². The van der Waals surface area contributed by atoms with Crippen molar-refractivity contribution in [1.29, 1.82) is 0 Å². The summed E-state index contributed by atoms with van der Waals surface area (Å²) in [5.41, 5.74) is 0. The van der Waals surface area contributed by atoms with Crippen molar-refractivity contribution in [2.45, 2.75) is 53.1 Å². The van der Waals surface area contributed by atoms with E-state index < -0.39 is 0 Å². The predicted octanol–water partition coefficient (Wildman–Crippen LogP) is 2.35. The van der Waals surface area contributed by atoms with Gasteiger partial charge in [-0.2, -0.15) is 0 Å². The van der Waals surface area contributed by atoms with Crippen molar-refractivity contribution in [3.8, 4) is 0 Å². The molecule has 0 spiro atoms. The van der Waals surface area contributed by atoms with Gasteiger partial charge in [0.1, 0.15) is 0 Å². The highest BCUT2D eigenvalue weighted by Gasteiger charge is 2.27. The normalized spacial score (nSPS) is 25.4. The van der Waals surface area contributed by atoms with E-state index in [4.69, 9.17) is 0 Å². The molecule has 2 atom stereocenters. The molecule has 90 valence electrons. The predicted molar refractivity (Wildman–Crippen MR) is 67.1 cm³/mol. The highest BCUT2D eigenvalue weighted by molar-refractivity contribution is 4.82. The standard InChI is InChI=1S/C13H28N2/c1-10(2)13-6-7-15(9-13)12(5)8-14-11(3)4/h10-14H,6-9H2,1-5H3. The lowest BCUT2D eigenvalue weighted by Gasteiger charge is -2.26. The molecule has 1 aliphatic rings. The Hall–Kier alpha value is -0.0800. The van der Waals surface area contributed by atoms with Crippen LogP contribution in [-0.2, 0) is 0 Å². The Morgan fingerprint density at radius 3 is 2.33 bits per heavy atom. The number of nitrogens with zero attached hydrogens (tertiary/aromatic N) is 1. The third-order valence-electron chi connectivity index (χ3n) is 3.64. The van der Waals surface area contributed by atoms with Crippen molar-refractivity contribution in [2.75, 3.05) is 19.6 Å². The summed E-state index contributed by atoms with van der Waals surface area (Å²) in [6.45, 7) is 15.2. The first-order valence-electron chi connectivity index (χ1n) is 6.48. The second-order valence-electron chi connectivity index (χ2n) is 5.70. The average molecular weight is 212 g/mol. The van der Waals surface area contributed by atoms with Crippen LogP contribution in [0.25, 0.3) is 0 Å². The molecule has 2 heteroatoms. The molecule has 0 amide bonds. The summed E-state index contributed by atoms with van der Waals surface area (Å²) in [5.74, 6) is 1.77. The van der Waals surface area contributed by atoms with Crippen LogP contribution >= 0.6 is 0 Å². The Morgan fingerprint density at radius 1 is 1.20 bits per heavy atom. The fourth-order valence-corrected chi connectivity index (χ4v) is 2.30. The maximum absolute atomic E-state index is 3.52. The van der Waals surface area contributed by atoms with Gasteiger partial charge in [-0.3, -0.25) is 4.90 Å². The van der Waals surface area contributed by atoms with Crippen molar-refractivity contribution >= 4 is 0 Å². The van der Waals surface area contributed by atoms with Crippen LogP contribution in [0.3, 0.4) is 0 Å². The third-order valence-corrected chi connectivity index (χ3v) is 3.64. The monoisotopic (exact) mass is 212 g/mol. The number of likely N-dealkylation sites (tertiary alicyclic amines) is 1. The first-order valence-corrected chi connectivity index (χ1v) is 6.48. The quantitative estimate of drug-likeness (QED) is 0.752. The Labute approximate surface area is 95.4 Å². The lowest BCUT2D eigenvalue weighted by molar-refractivity contribution is 0.230. The van der Waals surface area contributed by atoms with Crippen LogP contribution in [0.2, 0.25) is 0 Å². The van der Waals surface area contributed by atoms with Gasteiger partial charge in [0, 0.05) is 25.2 Å². The summed E-state index contributed by atoms with van der Waals surface area (Å²) in [6.07, 6.45) is 1.39. The third kappa shape index (κ3) is 4.12. The lowest BCUT2D eigenvalue weighted by atomic mass is 9.95. The van der Waals surface area contributed by atoms with Crippen LogP contribution in [0.1, 0.15) is 41.0 Å². The summed E-state index contributed by atoms with van der Waals surface area (Å²) in [7, 11) is 0. The van der Waals surface area contributed by atoms with Gasteiger partial charge in [-0.25, -0.2) is 0 Å². The van der Waals surface area contributed by atoms with Gasteiger partial charge in [0.2, 0.25) is 0 Å². The minimum atomic E-state index is 0.607. The van der Waals surface area contributed by atoms with Gasteiger partial charge in [0.15, 0.2) is 0 Å². The van der Waals surface area contributed by atoms with Gasteiger partial charge in [-0.1, -0.05) is 27.7 Å². The maximum atomic E-state index is 3.52. The second-order valence-corrected chi connectivity index (χ2v) is 5.70. The smallest absolute Gasteiger partial charge is 0.0192 e. The molecular weight excluding hydrogens is 184 g/mol. The Morgan fingerprint density at radius 2 is 1.87 bits per heavy atom. The van der Waals surface area contributed by atoms with Crippen molar-refractivity contribution < 1.29 is 0 Å². The molecule has 1 fully saturated rings. The zero-order valence-electron chi connectivity index (χ0n) is 11.1. The Kier molecular flexibility index (Phi) is 5.07. The molecule has 0 saturated carbocycles. The zero-order valence-corrected chi connectivity index (χ0v) is 11.1.